The Morgan fingerprint density at radius 3 is 2.37 bits per heavy atom. The molecule has 2 atom stereocenters. The van der Waals surface area contributed by atoms with E-state index in [0.29, 0.717) is 5.91 Å². The minimum Gasteiger partial charge on any atom is -0.343 e. The second kappa shape index (κ2) is 11.1. The van der Waals surface area contributed by atoms with Gasteiger partial charge >= 0.3 is 0 Å². The van der Waals surface area contributed by atoms with Crippen molar-refractivity contribution >= 4 is 17.3 Å². The van der Waals surface area contributed by atoms with Crippen molar-refractivity contribution in [1.29, 1.82) is 0 Å². The highest BCUT2D eigenvalue weighted by molar-refractivity contribution is 5.76. The minimum atomic E-state index is -0.237. The van der Waals surface area contributed by atoms with Gasteiger partial charge < -0.3 is 14.7 Å². The Morgan fingerprint density at radius 2 is 1.57 bits per heavy atom. The highest BCUT2D eigenvalue weighted by Gasteiger charge is 2.42. The molecule has 4 nitrogen and oxygen atoms in total. The van der Waals surface area contributed by atoms with Crippen LogP contribution < -0.4 is 4.90 Å². The van der Waals surface area contributed by atoms with E-state index >= 15 is 0 Å². The monoisotopic (exact) mass is 481 g/mol. The topological polar surface area (TPSA) is 26.8 Å². The van der Waals surface area contributed by atoms with E-state index < -0.39 is 0 Å². The predicted molar refractivity (Wildman–Crippen MR) is 136 cm³/mol. The molecule has 6 heteroatoms. The van der Waals surface area contributed by atoms with Crippen molar-refractivity contribution in [2.45, 2.75) is 69.7 Å². The fourth-order valence-corrected chi connectivity index (χ4v) is 6.24. The van der Waals surface area contributed by atoms with E-state index in [1.165, 1.54) is 43.9 Å². The zero-order chi connectivity index (χ0) is 24.2. The van der Waals surface area contributed by atoms with E-state index in [-0.39, 0.29) is 23.6 Å². The summed E-state index contributed by atoms with van der Waals surface area (Å²) in [6, 6.07) is 12.1. The molecule has 0 unspecified atom stereocenters. The number of amides is 1. The van der Waals surface area contributed by atoms with E-state index in [0.717, 1.165) is 81.8 Å². The van der Waals surface area contributed by atoms with Gasteiger partial charge in [0.1, 0.15) is 11.6 Å². The number of piperidine rings is 2. The van der Waals surface area contributed by atoms with Crippen molar-refractivity contribution in [3.8, 4) is 0 Å². The third-order valence-corrected chi connectivity index (χ3v) is 8.07. The normalized spacial score (nSPS) is 22.4. The summed E-state index contributed by atoms with van der Waals surface area (Å²) in [5.74, 6) is 0.179. The average molecular weight is 482 g/mol. The molecule has 0 bridgehead atoms. The average Bonchev–Trinajstić information content (AvgIpc) is 3.18. The number of hydrogen-bond acceptors (Lipinski definition) is 3. The van der Waals surface area contributed by atoms with Crippen molar-refractivity contribution in [1.82, 2.24) is 9.80 Å². The highest BCUT2D eigenvalue weighted by Crippen LogP contribution is 2.48. The van der Waals surface area contributed by atoms with Crippen LogP contribution in [-0.4, -0.2) is 54.5 Å². The lowest BCUT2D eigenvalue weighted by Crippen LogP contribution is -2.45. The van der Waals surface area contributed by atoms with E-state index in [9.17, 15) is 13.6 Å². The van der Waals surface area contributed by atoms with Gasteiger partial charge in [0, 0.05) is 55.9 Å². The Labute approximate surface area is 207 Å². The van der Waals surface area contributed by atoms with Crippen LogP contribution in [0.15, 0.2) is 42.5 Å². The molecule has 2 fully saturated rings. The molecule has 35 heavy (non-hydrogen) atoms. The molecular formula is C29H37F2N3O. The fraction of sp³-hybridized carbons (Fsp3) is 0.552. The molecule has 0 radical (unpaired) electrons. The number of rotatable bonds is 9. The van der Waals surface area contributed by atoms with Gasteiger partial charge in [0.15, 0.2) is 0 Å². The van der Waals surface area contributed by atoms with Crippen LogP contribution in [0.1, 0.15) is 69.3 Å². The Bertz CT molecular complexity index is 1010. The lowest BCUT2D eigenvalue weighted by Gasteiger charge is -2.39. The summed E-state index contributed by atoms with van der Waals surface area (Å²) in [6.45, 7) is 4.92. The molecule has 3 heterocycles. The Hall–Kier alpha value is -2.47. The summed E-state index contributed by atoms with van der Waals surface area (Å²) in [6.07, 6.45) is 9.87. The number of fused-ring (bicyclic) bond motifs is 3. The molecule has 2 saturated heterocycles. The van der Waals surface area contributed by atoms with Gasteiger partial charge in [0.25, 0.3) is 0 Å². The van der Waals surface area contributed by atoms with E-state index in [4.69, 9.17) is 0 Å². The predicted octanol–water partition coefficient (Wildman–Crippen LogP) is 6.24. The second-order valence-electron chi connectivity index (χ2n) is 10.4. The lowest BCUT2D eigenvalue weighted by atomic mass is 9.88. The number of nitrogens with zero attached hydrogens (tertiary/aromatic N) is 3. The summed E-state index contributed by atoms with van der Waals surface area (Å²) in [7, 11) is 0. The van der Waals surface area contributed by atoms with E-state index in [1.807, 2.05) is 23.1 Å². The van der Waals surface area contributed by atoms with Crippen LogP contribution in [0.2, 0.25) is 0 Å². The van der Waals surface area contributed by atoms with Crippen LogP contribution in [0.25, 0.3) is 0 Å². The summed E-state index contributed by atoms with van der Waals surface area (Å²) in [5.41, 5.74) is 3.12. The molecule has 0 saturated carbocycles. The molecular weight excluding hydrogens is 444 g/mol. The SMILES string of the molecule is O=C1CCCCN1CCCCCCCN1CC[C@@H]2[C@@H](C1)c1cc(F)ccc1N2c1ccc(F)cc1. The maximum absolute atomic E-state index is 14.2. The van der Waals surface area contributed by atoms with Gasteiger partial charge in [-0.25, -0.2) is 8.78 Å². The number of halogens is 2. The lowest BCUT2D eigenvalue weighted by molar-refractivity contribution is -0.133. The number of carbonyl (C=O) groups is 1. The van der Waals surface area contributed by atoms with Crippen LogP contribution in [-0.2, 0) is 4.79 Å². The summed E-state index contributed by atoms with van der Waals surface area (Å²) < 4.78 is 27.7. The molecule has 2 aromatic carbocycles. The number of anilines is 2. The standard InChI is InChI=1S/C29H37F2N3O/c30-22-9-12-24(13-10-22)34-27-14-11-23(31)20-25(27)26-21-32(19-15-28(26)34)16-5-2-1-3-6-17-33-18-7-4-8-29(33)35/h9-14,20,26,28H,1-8,15-19,21H2/t26-,28+/m0/s1. The third kappa shape index (κ3) is 5.53. The number of likely N-dealkylation sites (tertiary alicyclic amines) is 2. The Kier molecular flexibility index (Phi) is 7.66. The first-order valence-corrected chi connectivity index (χ1v) is 13.4. The van der Waals surface area contributed by atoms with Crippen LogP contribution in [0.5, 0.6) is 0 Å². The summed E-state index contributed by atoms with van der Waals surface area (Å²) in [5, 5.41) is 0. The molecule has 188 valence electrons. The summed E-state index contributed by atoms with van der Waals surface area (Å²) in [4.78, 5) is 18.8. The zero-order valence-corrected chi connectivity index (χ0v) is 20.6. The molecule has 1 amide bonds. The van der Waals surface area contributed by atoms with Gasteiger partial charge in [0.05, 0.1) is 0 Å². The van der Waals surface area contributed by atoms with Gasteiger partial charge in [-0.2, -0.15) is 0 Å². The first-order valence-electron chi connectivity index (χ1n) is 13.4. The van der Waals surface area contributed by atoms with Gasteiger partial charge in [-0.1, -0.05) is 19.3 Å². The second-order valence-corrected chi connectivity index (χ2v) is 10.4. The largest absolute Gasteiger partial charge is 0.343 e. The molecule has 0 aliphatic carbocycles. The smallest absolute Gasteiger partial charge is 0.222 e. The number of unbranched alkanes of at least 4 members (excludes halogenated alkanes) is 4. The Morgan fingerprint density at radius 1 is 0.829 bits per heavy atom. The first-order chi connectivity index (χ1) is 17.1. The maximum atomic E-state index is 14.2. The van der Waals surface area contributed by atoms with Crippen molar-refractivity contribution < 1.29 is 13.6 Å². The van der Waals surface area contributed by atoms with Crippen molar-refractivity contribution in [2.24, 2.45) is 0 Å². The molecule has 5 rings (SSSR count). The Balaban J connectivity index is 1.11. The molecule has 0 aromatic heterocycles. The van der Waals surface area contributed by atoms with E-state index in [1.54, 1.807) is 6.07 Å². The highest BCUT2D eigenvalue weighted by atomic mass is 19.1. The fourth-order valence-electron chi connectivity index (χ4n) is 6.24. The first kappa shape index (κ1) is 24.2. The van der Waals surface area contributed by atoms with Crippen molar-refractivity contribution in [3.63, 3.8) is 0 Å². The molecule has 3 aliphatic rings. The number of carbonyl (C=O) groups excluding carboxylic acids is 1. The molecule has 0 N–H and O–H groups in total. The van der Waals surface area contributed by atoms with Gasteiger partial charge in [-0.15, -0.1) is 0 Å². The minimum absolute atomic E-state index is 0.188. The third-order valence-electron chi connectivity index (χ3n) is 8.07. The maximum Gasteiger partial charge on any atom is 0.222 e. The van der Waals surface area contributed by atoms with Crippen molar-refractivity contribution in [3.05, 3.63) is 59.7 Å². The molecule has 3 aliphatic heterocycles. The van der Waals surface area contributed by atoms with Crippen molar-refractivity contribution in [2.75, 3.05) is 37.6 Å². The quantitative estimate of drug-likeness (QED) is 0.397. The van der Waals surface area contributed by atoms with Crippen LogP contribution in [0.3, 0.4) is 0 Å². The number of hydrogen-bond donors (Lipinski definition) is 0. The zero-order valence-electron chi connectivity index (χ0n) is 20.6. The van der Waals surface area contributed by atoms with Crippen LogP contribution in [0.4, 0.5) is 20.2 Å². The van der Waals surface area contributed by atoms with Crippen LogP contribution in [0, 0.1) is 11.6 Å². The number of benzene rings is 2. The van der Waals surface area contributed by atoms with Gasteiger partial charge in [-0.3, -0.25) is 4.79 Å². The summed E-state index contributed by atoms with van der Waals surface area (Å²) >= 11 is 0. The molecule has 2 aromatic rings. The van der Waals surface area contributed by atoms with E-state index in [2.05, 4.69) is 9.80 Å². The van der Waals surface area contributed by atoms with Gasteiger partial charge in [0.2, 0.25) is 5.91 Å². The van der Waals surface area contributed by atoms with Crippen LogP contribution >= 0.6 is 0 Å². The molecule has 0 spiro atoms. The van der Waals surface area contributed by atoms with Gasteiger partial charge in [-0.05, 0) is 86.7 Å².